The maximum Gasteiger partial charge on any atom is 0.101 e. The van der Waals surface area contributed by atoms with Crippen LogP contribution in [0.2, 0.25) is 0 Å². The van der Waals surface area contributed by atoms with Gasteiger partial charge in [0.15, 0.2) is 0 Å². The topological polar surface area (TPSA) is 20.2 Å². The third-order valence-corrected chi connectivity index (χ3v) is 3.09. The highest BCUT2D eigenvalue weighted by molar-refractivity contribution is 5.68. The molecule has 1 nitrogen and oxygen atoms in total. The van der Waals surface area contributed by atoms with Gasteiger partial charge >= 0.3 is 0 Å². The molecule has 1 aromatic rings. The number of hydrogen-bond donors (Lipinski definition) is 1. The van der Waals surface area contributed by atoms with Crippen molar-refractivity contribution in [3.8, 4) is 0 Å². The van der Waals surface area contributed by atoms with E-state index >= 15 is 0 Å². The molecule has 3 rings (SSSR count). The SMILES string of the molecule is OC1=c2ccccc2=C2C=CC=CC2C1. The summed E-state index contributed by atoms with van der Waals surface area (Å²) >= 11 is 0. The van der Waals surface area contributed by atoms with Crippen LogP contribution in [0.3, 0.4) is 0 Å². The van der Waals surface area contributed by atoms with Crippen LogP contribution in [0.4, 0.5) is 0 Å². The van der Waals surface area contributed by atoms with Crippen molar-refractivity contribution in [2.24, 2.45) is 5.92 Å². The van der Waals surface area contributed by atoms with Crippen LogP contribution in [0.1, 0.15) is 6.42 Å². The number of hydrogen-bond acceptors (Lipinski definition) is 1. The van der Waals surface area contributed by atoms with Crippen LogP contribution in [-0.2, 0) is 0 Å². The predicted octanol–water partition coefficient (Wildman–Crippen LogP) is 1.65. The molecule has 0 heterocycles. The molecule has 2 aliphatic rings. The zero-order valence-corrected chi connectivity index (χ0v) is 8.35. The zero-order valence-electron chi connectivity index (χ0n) is 8.35. The summed E-state index contributed by atoms with van der Waals surface area (Å²) in [4.78, 5) is 0. The van der Waals surface area contributed by atoms with Gasteiger partial charge in [0, 0.05) is 17.6 Å². The average molecular weight is 196 g/mol. The fourth-order valence-corrected chi connectivity index (χ4v) is 2.36. The molecule has 2 aliphatic carbocycles. The minimum absolute atomic E-state index is 0.352. The second-order valence-electron chi connectivity index (χ2n) is 4.00. The van der Waals surface area contributed by atoms with E-state index in [0.29, 0.717) is 11.7 Å². The Morgan fingerprint density at radius 1 is 1.07 bits per heavy atom. The third kappa shape index (κ3) is 1.23. The number of fused-ring (bicyclic) bond motifs is 2. The first-order chi connectivity index (χ1) is 7.36. The molecule has 15 heavy (non-hydrogen) atoms. The van der Waals surface area contributed by atoms with Crippen LogP contribution < -0.4 is 10.4 Å². The molecule has 1 unspecified atom stereocenters. The van der Waals surface area contributed by atoms with Gasteiger partial charge in [-0.1, -0.05) is 48.6 Å². The summed E-state index contributed by atoms with van der Waals surface area (Å²) in [5.74, 6) is 0.865. The van der Waals surface area contributed by atoms with Crippen molar-refractivity contribution in [2.75, 3.05) is 0 Å². The van der Waals surface area contributed by atoms with Gasteiger partial charge in [-0.05, 0) is 10.8 Å². The smallest absolute Gasteiger partial charge is 0.101 e. The molecule has 0 radical (unpaired) electrons. The Morgan fingerprint density at radius 3 is 2.73 bits per heavy atom. The van der Waals surface area contributed by atoms with Crippen molar-refractivity contribution in [1.82, 2.24) is 0 Å². The largest absolute Gasteiger partial charge is 0.512 e. The normalized spacial score (nSPS) is 22.5. The maximum absolute atomic E-state index is 9.95. The van der Waals surface area contributed by atoms with Gasteiger partial charge in [-0.25, -0.2) is 0 Å². The second-order valence-corrected chi connectivity index (χ2v) is 4.00. The lowest BCUT2D eigenvalue weighted by molar-refractivity contribution is 0.466. The van der Waals surface area contributed by atoms with Crippen LogP contribution in [0.25, 0.3) is 11.3 Å². The molecule has 0 saturated heterocycles. The first kappa shape index (κ1) is 8.54. The Kier molecular flexibility index (Phi) is 1.78. The summed E-state index contributed by atoms with van der Waals surface area (Å²) in [5.41, 5.74) is 1.32. The van der Waals surface area contributed by atoms with E-state index < -0.39 is 0 Å². The Labute approximate surface area is 88.4 Å². The summed E-state index contributed by atoms with van der Waals surface area (Å²) < 4.78 is 0. The zero-order chi connectivity index (χ0) is 10.3. The van der Waals surface area contributed by atoms with Gasteiger partial charge < -0.3 is 5.11 Å². The molecule has 0 aromatic heterocycles. The lowest BCUT2D eigenvalue weighted by atomic mass is 9.85. The van der Waals surface area contributed by atoms with Crippen molar-refractivity contribution in [3.05, 3.63) is 59.0 Å². The van der Waals surface area contributed by atoms with Gasteiger partial charge in [-0.15, -0.1) is 0 Å². The highest BCUT2D eigenvalue weighted by Gasteiger charge is 2.18. The standard InChI is InChI=1S/C14H12O/c15-14-9-10-5-1-2-6-11(10)12-7-3-4-8-13(12)14/h1-8,10,15H,9H2. The molecule has 1 aromatic carbocycles. The van der Waals surface area contributed by atoms with E-state index in [9.17, 15) is 5.11 Å². The predicted molar refractivity (Wildman–Crippen MR) is 61.5 cm³/mol. The number of aliphatic hydroxyl groups excluding tert-OH is 1. The van der Waals surface area contributed by atoms with Crippen LogP contribution in [0, 0.1) is 5.92 Å². The lowest BCUT2D eigenvalue weighted by Crippen LogP contribution is -2.34. The van der Waals surface area contributed by atoms with Crippen molar-refractivity contribution in [2.45, 2.75) is 6.42 Å². The van der Waals surface area contributed by atoms with Crippen molar-refractivity contribution in [3.63, 3.8) is 0 Å². The van der Waals surface area contributed by atoms with E-state index in [4.69, 9.17) is 0 Å². The summed E-state index contributed by atoms with van der Waals surface area (Å²) in [7, 11) is 0. The molecule has 1 heteroatoms. The van der Waals surface area contributed by atoms with E-state index in [1.807, 2.05) is 18.2 Å². The van der Waals surface area contributed by atoms with Gasteiger partial charge in [-0.3, -0.25) is 0 Å². The minimum atomic E-state index is 0.352. The highest BCUT2D eigenvalue weighted by atomic mass is 16.3. The number of allylic oxidation sites excluding steroid dienone is 4. The molecule has 0 spiro atoms. The van der Waals surface area contributed by atoms with Gasteiger partial charge in [0.05, 0.1) is 0 Å². The Morgan fingerprint density at radius 2 is 1.87 bits per heavy atom. The molecule has 0 amide bonds. The van der Waals surface area contributed by atoms with E-state index in [0.717, 1.165) is 11.6 Å². The molecular weight excluding hydrogens is 184 g/mol. The quantitative estimate of drug-likeness (QED) is 0.669. The molecule has 0 bridgehead atoms. The Hall–Kier alpha value is -1.76. The second kappa shape index (κ2) is 3.13. The van der Waals surface area contributed by atoms with Crippen molar-refractivity contribution < 1.29 is 5.11 Å². The minimum Gasteiger partial charge on any atom is -0.512 e. The maximum atomic E-state index is 9.95. The van der Waals surface area contributed by atoms with Gasteiger partial charge in [0.2, 0.25) is 0 Å². The lowest BCUT2D eigenvalue weighted by Gasteiger charge is -2.21. The molecule has 0 saturated carbocycles. The van der Waals surface area contributed by atoms with E-state index in [2.05, 4.69) is 30.4 Å². The van der Waals surface area contributed by atoms with Gasteiger partial charge in [-0.2, -0.15) is 0 Å². The van der Waals surface area contributed by atoms with Crippen molar-refractivity contribution in [1.29, 1.82) is 0 Å². The van der Waals surface area contributed by atoms with E-state index in [-0.39, 0.29) is 0 Å². The summed E-state index contributed by atoms with van der Waals surface area (Å²) in [6.45, 7) is 0. The number of aliphatic hydroxyl groups is 1. The van der Waals surface area contributed by atoms with Gasteiger partial charge in [0.1, 0.15) is 5.76 Å². The highest BCUT2D eigenvalue weighted by Crippen LogP contribution is 2.26. The van der Waals surface area contributed by atoms with E-state index in [1.165, 1.54) is 10.8 Å². The molecular formula is C14H12O. The first-order valence-corrected chi connectivity index (χ1v) is 5.22. The number of rotatable bonds is 0. The molecule has 0 fully saturated rings. The number of benzene rings is 1. The summed E-state index contributed by atoms with van der Waals surface area (Å²) in [6, 6.07) is 8.06. The summed E-state index contributed by atoms with van der Waals surface area (Å²) in [5, 5.41) is 12.1. The van der Waals surface area contributed by atoms with Crippen LogP contribution in [-0.4, -0.2) is 5.11 Å². The van der Waals surface area contributed by atoms with Crippen LogP contribution in [0.15, 0.2) is 48.6 Å². The van der Waals surface area contributed by atoms with Crippen LogP contribution >= 0.6 is 0 Å². The first-order valence-electron chi connectivity index (χ1n) is 5.22. The van der Waals surface area contributed by atoms with E-state index in [1.54, 1.807) is 0 Å². The average Bonchev–Trinajstić information content (AvgIpc) is 2.30. The summed E-state index contributed by atoms with van der Waals surface area (Å²) in [6.07, 6.45) is 9.14. The third-order valence-electron chi connectivity index (χ3n) is 3.09. The molecule has 1 N–H and O–H groups in total. The fourth-order valence-electron chi connectivity index (χ4n) is 2.36. The van der Waals surface area contributed by atoms with Crippen molar-refractivity contribution >= 4 is 11.3 Å². The fraction of sp³-hybridized carbons (Fsp3) is 0.143. The monoisotopic (exact) mass is 196 g/mol. The molecule has 74 valence electrons. The van der Waals surface area contributed by atoms with Crippen LogP contribution in [0.5, 0.6) is 0 Å². The molecule has 1 atom stereocenters. The molecule has 0 aliphatic heterocycles. The van der Waals surface area contributed by atoms with Gasteiger partial charge in [0.25, 0.3) is 0 Å². The Balaban J connectivity index is 2.45. The Bertz CT molecular complexity index is 576.